The van der Waals surface area contributed by atoms with E-state index in [2.05, 4.69) is 10.3 Å². The van der Waals surface area contributed by atoms with E-state index in [0.717, 1.165) is 5.56 Å². The Kier molecular flexibility index (Phi) is 3.93. The zero-order valence-electron chi connectivity index (χ0n) is 9.95. The van der Waals surface area contributed by atoms with E-state index in [9.17, 15) is 9.90 Å². The molecule has 0 unspecified atom stereocenters. The summed E-state index contributed by atoms with van der Waals surface area (Å²) in [6, 6.07) is 6.11. The summed E-state index contributed by atoms with van der Waals surface area (Å²) in [5.41, 5.74) is 1.10. The minimum absolute atomic E-state index is 0.0738. The molecule has 1 aromatic carbocycles. The van der Waals surface area contributed by atoms with Crippen molar-refractivity contribution >= 4 is 34.8 Å². The molecule has 0 atom stereocenters. The van der Waals surface area contributed by atoms with E-state index < -0.39 is 5.91 Å². The van der Waals surface area contributed by atoms with Crippen molar-refractivity contribution in [3.63, 3.8) is 0 Å². The monoisotopic (exact) mass is 296 g/mol. The number of aryl methyl sites for hydroxylation is 1. The molecule has 0 aliphatic rings. The normalized spacial score (nSPS) is 10.3. The molecule has 6 heteroatoms. The highest BCUT2D eigenvalue weighted by Crippen LogP contribution is 2.29. The minimum Gasteiger partial charge on any atom is -0.505 e. The maximum atomic E-state index is 11.9. The lowest BCUT2D eigenvalue weighted by Gasteiger charge is -2.09. The number of carbonyl (C=O) groups excluding carboxylic acids is 1. The maximum Gasteiger partial charge on any atom is 0.278 e. The second-order valence-electron chi connectivity index (χ2n) is 3.91. The second kappa shape index (κ2) is 5.47. The summed E-state index contributed by atoms with van der Waals surface area (Å²) in [4.78, 5) is 15.8. The Morgan fingerprint density at radius 3 is 2.74 bits per heavy atom. The van der Waals surface area contributed by atoms with Crippen LogP contribution in [0.25, 0.3) is 0 Å². The van der Waals surface area contributed by atoms with Gasteiger partial charge in [-0.15, -0.1) is 0 Å². The molecule has 0 bridgehead atoms. The summed E-state index contributed by atoms with van der Waals surface area (Å²) in [5.74, 6) is -0.755. The Morgan fingerprint density at radius 2 is 2.05 bits per heavy atom. The first-order chi connectivity index (χ1) is 8.99. The zero-order chi connectivity index (χ0) is 14.0. The summed E-state index contributed by atoms with van der Waals surface area (Å²) < 4.78 is 0. The number of halogens is 2. The van der Waals surface area contributed by atoms with Gasteiger partial charge in [0.2, 0.25) is 0 Å². The number of anilines is 1. The first-order valence-corrected chi connectivity index (χ1v) is 6.15. The van der Waals surface area contributed by atoms with Crippen LogP contribution in [0.15, 0.2) is 30.5 Å². The molecule has 1 amide bonds. The average Bonchev–Trinajstić information content (AvgIpc) is 2.36. The van der Waals surface area contributed by atoms with Gasteiger partial charge >= 0.3 is 0 Å². The highest BCUT2D eigenvalue weighted by atomic mass is 35.5. The predicted molar refractivity (Wildman–Crippen MR) is 75.1 cm³/mol. The molecule has 0 aliphatic carbocycles. The van der Waals surface area contributed by atoms with Gasteiger partial charge in [-0.25, -0.2) is 4.98 Å². The van der Waals surface area contributed by atoms with Crippen molar-refractivity contribution in [1.82, 2.24) is 4.98 Å². The number of nitrogens with zero attached hydrogens (tertiary/aromatic N) is 1. The number of aromatic hydroxyl groups is 1. The lowest BCUT2D eigenvalue weighted by atomic mass is 10.2. The van der Waals surface area contributed by atoms with E-state index in [-0.39, 0.29) is 11.4 Å². The Morgan fingerprint density at radius 1 is 1.32 bits per heavy atom. The summed E-state index contributed by atoms with van der Waals surface area (Å²) in [7, 11) is 0. The molecule has 4 nitrogen and oxygen atoms in total. The minimum atomic E-state index is -0.556. The van der Waals surface area contributed by atoms with Crippen molar-refractivity contribution in [3.8, 4) is 5.75 Å². The van der Waals surface area contributed by atoms with Crippen molar-refractivity contribution in [2.45, 2.75) is 6.92 Å². The molecular weight excluding hydrogens is 287 g/mol. The maximum absolute atomic E-state index is 11.9. The molecule has 2 aromatic rings. The summed E-state index contributed by atoms with van der Waals surface area (Å²) >= 11 is 12.0. The van der Waals surface area contributed by atoms with Crippen LogP contribution in [0.1, 0.15) is 16.1 Å². The highest BCUT2D eigenvalue weighted by Gasteiger charge is 2.14. The van der Waals surface area contributed by atoms with E-state index in [1.54, 1.807) is 12.1 Å². The first kappa shape index (κ1) is 13.6. The van der Waals surface area contributed by atoms with Gasteiger partial charge in [0.1, 0.15) is 5.75 Å². The van der Waals surface area contributed by atoms with Gasteiger partial charge in [0.25, 0.3) is 5.91 Å². The van der Waals surface area contributed by atoms with Gasteiger partial charge in [0, 0.05) is 11.2 Å². The largest absolute Gasteiger partial charge is 0.505 e. The van der Waals surface area contributed by atoms with Gasteiger partial charge in [0.05, 0.1) is 10.7 Å². The molecule has 0 saturated carbocycles. The molecule has 0 aliphatic heterocycles. The summed E-state index contributed by atoms with van der Waals surface area (Å²) in [5, 5.41) is 13.0. The third kappa shape index (κ3) is 2.97. The highest BCUT2D eigenvalue weighted by molar-refractivity contribution is 6.36. The Hall–Kier alpha value is -1.78. The van der Waals surface area contributed by atoms with E-state index in [1.807, 2.05) is 6.92 Å². The van der Waals surface area contributed by atoms with Crippen LogP contribution in [-0.2, 0) is 0 Å². The number of pyridine rings is 1. The van der Waals surface area contributed by atoms with Crippen LogP contribution in [0.5, 0.6) is 5.75 Å². The Bertz CT molecular complexity index is 645. The van der Waals surface area contributed by atoms with Gasteiger partial charge in [-0.2, -0.15) is 0 Å². The van der Waals surface area contributed by atoms with Gasteiger partial charge in [-0.3, -0.25) is 4.79 Å². The van der Waals surface area contributed by atoms with Gasteiger partial charge in [-0.05, 0) is 36.8 Å². The second-order valence-corrected chi connectivity index (χ2v) is 4.72. The fraction of sp³-hybridized carbons (Fsp3) is 0.0769. The molecule has 98 valence electrons. The van der Waals surface area contributed by atoms with Crippen LogP contribution in [-0.4, -0.2) is 16.0 Å². The number of amides is 1. The topological polar surface area (TPSA) is 62.2 Å². The van der Waals surface area contributed by atoms with E-state index in [1.165, 1.54) is 18.3 Å². The van der Waals surface area contributed by atoms with Crippen LogP contribution in [0, 0.1) is 6.92 Å². The number of hydrogen-bond donors (Lipinski definition) is 2. The van der Waals surface area contributed by atoms with E-state index >= 15 is 0 Å². The number of hydrogen-bond acceptors (Lipinski definition) is 3. The molecule has 0 fully saturated rings. The van der Waals surface area contributed by atoms with Gasteiger partial charge < -0.3 is 10.4 Å². The third-order valence-electron chi connectivity index (χ3n) is 2.50. The van der Waals surface area contributed by atoms with Crippen molar-refractivity contribution < 1.29 is 9.90 Å². The van der Waals surface area contributed by atoms with Crippen LogP contribution < -0.4 is 5.32 Å². The molecule has 1 aromatic heterocycles. The van der Waals surface area contributed by atoms with Crippen LogP contribution >= 0.6 is 23.2 Å². The first-order valence-electron chi connectivity index (χ1n) is 5.40. The molecule has 1 heterocycles. The lowest BCUT2D eigenvalue weighted by molar-refractivity contribution is 0.101. The van der Waals surface area contributed by atoms with Crippen LogP contribution in [0.4, 0.5) is 5.69 Å². The van der Waals surface area contributed by atoms with Crippen molar-refractivity contribution in [1.29, 1.82) is 0 Å². The molecule has 0 spiro atoms. The summed E-state index contributed by atoms with van der Waals surface area (Å²) in [6.07, 6.45) is 1.42. The smallest absolute Gasteiger partial charge is 0.278 e. The number of nitrogens with one attached hydrogen (secondary N) is 1. The van der Waals surface area contributed by atoms with E-state index in [0.29, 0.717) is 15.7 Å². The fourth-order valence-corrected chi connectivity index (χ4v) is 1.92. The lowest BCUT2D eigenvalue weighted by Crippen LogP contribution is -2.14. The third-order valence-corrected chi connectivity index (χ3v) is 3.22. The molecule has 19 heavy (non-hydrogen) atoms. The SMILES string of the molecule is Cc1cc(Cl)c(NC(=O)c2ncccc2O)cc1Cl. The Balaban J connectivity index is 2.30. The zero-order valence-corrected chi connectivity index (χ0v) is 11.5. The molecule has 2 N–H and O–H groups in total. The predicted octanol–water partition coefficient (Wildman–Crippen LogP) is 3.65. The average molecular weight is 297 g/mol. The molecular formula is C13H10Cl2N2O2. The summed E-state index contributed by atoms with van der Waals surface area (Å²) in [6.45, 7) is 1.81. The molecule has 0 saturated heterocycles. The number of rotatable bonds is 2. The van der Waals surface area contributed by atoms with Crippen LogP contribution in [0.2, 0.25) is 10.0 Å². The number of carbonyl (C=O) groups is 1. The molecule has 0 radical (unpaired) electrons. The van der Waals surface area contributed by atoms with Crippen molar-refractivity contribution in [3.05, 3.63) is 51.8 Å². The quantitative estimate of drug-likeness (QED) is 0.889. The standard InChI is InChI=1S/C13H10Cl2N2O2/c1-7-5-9(15)10(6-8(7)14)17-13(19)12-11(18)3-2-4-16-12/h2-6,18H,1H3,(H,17,19). The van der Waals surface area contributed by atoms with Gasteiger partial charge in [-0.1, -0.05) is 23.2 Å². The number of benzene rings is 1. The van der Waals surface area contributed by atoms with Crippen molar-refractivity contribution in [2.75, 3.05) is 5.32 Å². The Labute approximate surface area is 120 Å². The van der Waals surface area contributed by atoms with Crippen LogP contribution in [0.3, 0.4) is 0 Å². The fourth-order valence-electron chi connectivity index (χ4n) is 1.50. The van der Waals surface area contributed by atoms with Gasteiger partial charge in [0.15, 0.2) is 5.69 Å². The number of aromatic nitrogens is 1. The van der Waals surface area contributed by atoms with Crippen molar-refractivity contribution in [2.24, 2.45) is 0 Å². The molecule has 2 rings (SSSR count). The van der Waals surface area contributed by atoms with E-state index in [4.69, 9.17) is 23.2 Å².